The van der Waals surface area contributed by atoms with E-state index in [1.807, 2.05) is 0 Å². The summed E-state index contributed by atoms with van der Waals surface area (Å²) in [4.78, 5) is 29.3. The number of aromatic nitrogens is 1. The quantitative estimate of drug-likeness (QED) is 0.635. The van der Waals surface area contributed by atoms with Crippen LogP contribution in [0.25, 0.3) is 10.9 Å². The van der Waals surface area contributed by atoms with Gasteiger partial charge >= 0.3 is 0 Å². The summed E-state index contributed by atoms with van der Waals surface area (Å²) in [5.74, 6) is -1.08. The van der Waals surface area contributed by atoms with Crippen molar-refractivity contribution < 1.29 is 22.7 Å². The van der Waals surface area contributed by atoms with Crippen molar-refractivity contribution in [3.8, 4) is 0 Å². The number of nitrogens with two attached hydrogens (primary N) is 1. The molecule has 0 saturated carbocycles. The summed E-state index contributed by atoms with van der Waals surface area (Å²) in [5, 5.41) is 0.288. The third kappa shape index (κ3) is 4.22. The minimum absolute atomic E-state index is 0.0688. The van der Waals surface area contributed by atoms with Crippen molar-refractivity contribution in [3.63, 3.8) is 0 Å². The van der Waals surface area contributed by atoms with Gasteiger partial charge in [0.05, 0.1) is 6.61 Å². The Bertz CT molecular complexity index is 1110. The number of sulfonamides is 1. The molecule has 11 heteroatoms. The first-order valence-electron chi connectivity index (χ1n) is 10.4. The van der Waals surface area contributed by atoms with Gasteiger partial charge in [0.15, 0.2) is 0 Å². The van der Waals surface area contributed by atoms with Crippen LogP contribution in [0.3, 0.4) is 0 Å². The number of H-pyrrole nitrogens is 1. The van der Waals surface area contributed by atoms with E-state index in [-0.39, 0.29) is 41.6 Å². The van der Waals surface area contributed by atoms with Crippen LogP contribution in [-0.2, 0) is 19.6 Å². The minimum atomic E-state index is -4.15. The number of nitrogens with zero attached hydrogens (tertiary/aromatic N) is 2. The molecule has 2 aromatic rings. The van der Waals surface area contributed by atoms with Crippen LogP contribution in [0.5, 0.6) is 0 Å². The predicted molar refractivity (Wildman–Crippen MR) is 116 cm³/mol. The fourth-order valence-electron chi connectivity index (χ4n) is 4.24. The highest BCUT2D eigenvalue weighted by molar-refractivity contribution is 7.89. The van der Waals surface area contributed by atoms with Crippen molar-refractivity contribution in [2.75, 3.05) is 32.8 Å². The number of rotatable bonds is 4. The molecule has 3 heterocycles. The fourth-order valence-corrected chi connectivity index (χ4v) is 6.00. The Morgan fingerprint density at radius 1 is 1.13 bits per heavy atom. The Hall–Kier alpha value is -2.37. The number of primary amides is 1. The Balaban J connectivity index is 1.66. The molecular weight excluding hydrogens is 419 g/mol. The van der Waals surface area contributed by atoms with Gasteiger partial charge in [0.1, 0.15) is 24.5 Å². The highest BCUT2D eigenvalue weighted by atomic mass is 32.2. The summed E-state index contributed by atoms with van der Waals surface area (Å²) in [6.45, 7) is 1.34. The maximum atomic E-state index is 13.6. The fraction of sp³-hybridized carbons (Fsp3) is 0.500. The Morgan fingerprint density at radius 2 is 1.84 bits per heavy atom. The number of carbonyl (C=O) groups is 2. The Kier molecular flexibility index (Phi) is 6.09. The number of hydrogen-bond acceptors (Lipinski definition) is 5. The van der Waals surface area contributed by atoms with Gasteiger partial charge in [-0.15, -0.1) is 0 Å². The SMILES string of the molecule is [B]c1ccc2[nH]c(C(N)=O)c(S(=O)(=O)N3CCOC(C(=O)N4CCCCCC4)C3)c2c1. The van der Waals surface area contributed by atoms with E-state index in [9.17, 15) is 18.0 Å². The molecule has 1 aromatic carbocycles. The van der Waals surface area contributed by atoms with Gasteiger partial charge in [-0.25, -0.2) is 8.42 Å². The number of likely N-dealkylation sites (tertiary alicyclic amines) is 1. The molecule has 1 atom stereocenters. The van der Waals surface area contributed by atoms with E-state index in [0.29, 0.717) is 24.1 Å². The van der Waals surface area contributed by atoms with Crippen LogP contribution in [0.15, 0.2) is 23.1 Å². The van der Waals surface area contributed by atoms with Gasteiger partial charge in [-0.05, 0) is 18.9 Å². The van der Waals surface area contributed by atoms with Gasteiger partial charge in [-0.1, -0.05) is 30.4 Å². The van der Waals surface area contributed by atoms with Gasteiger partial charge in [-0.3, -0.25) is 9.59 Å². The zero-order valence-electron chi connectivity index (χ0n) is 17.2. The number of carbonyl (C=O) groups excluding carboxylic acids is 2. The highest BCUT2D eigenvalue weighted by Crippen LogP contribution is 2.30. The number of benzene rings is 1. The average molecular weight is 444 g/mol. The van der Waals surface area contributed by atoms with Gasteiger partial charge in [-0.2, -0.15) is 4.31 Å². The summed E-state index contributed by atoms with van der Waals surface area (Å²) >= 11 is 0. The summed E-state index contributed by atoms with van der Waals surface area (Å²) in [6.07, 6.45) is 3.14. The lowest BCUT2D eigenvalue weighted by Crippen LogP contribution is -2.52. The van der Waals surface area contributed by atoms with Crippen molar-refractivity contribution in [3.05, 3.63) is 23.9 Å². The molecule has 31 heavy (non-hydrogen) atoms. The van der Waals surface area contributed by atoms with E-state index in [1.165, 1.54) is 10.4 Å². The van der Waals surface area contributed by atoms with Crippen LogP contribution >= 0.6 is 0 Å². The first kappa shape index (κ1) is 21.9. The molecule has 3 N–H and O–H groups in total. The minimum Gasteiger partial charge on any atom is -0.366 e. The van der Waals surface area contributed by atoms with E-state index >= 15 is 0 Å². The number of hydrogen-bond donors (Lipinski definition) is 2. The lowest BCUT2D eigenvalue weighted by molar-refractivity contribution is -0.147. The molecule has 1 unspecified atom stereocenters. The van der Waals surface area contributed by atoms with Crippen LogP contribution in [0.2, 0.25) is 0 Å². The zero-order chi connectivity index (χ0) is 22.2. The molecule has 2 saturated heterocycles. The molecule has 0 spiro atoms. The second-order valence-corrected chi connectivity index (χ2v) is 9.84. The van der Waals surface area contributed by atoms with E-state index in [2.05, 4.69) is 4.98 Å². The average Bonchev–Trinajstić information content (AvgIpc) is 2.93. The van der Waals surface area contributed by atoms with Gasteiger partial charge in [0.25, 0.3) is 11.8 Å². The van der Waals surface area contributed by atoms with Gasteiger partial charge in [0.2, 0.25) is 10.0 Å². The van der Waals surface area contributed by atoms with Crippen molar-refractivity contribution >= 4 is 46.0 Å². The molecule has 0 aliphatic carbocycles. The number of amides is 2. The van der Waals surface area contributed by atoms with Crippen LogP contribution in [0.4, 0.5) is 0 Å². The van der Waals surface area contributed by atoms with Crippen molar-refractivity contribution in [1.82, 2.24) is 14.2 Å². The number of ether oxygens (including phenoxy) is 1. The summed E-state index contributed by atoms with van der Waals surface area (Å²) in [6, 6.07) is 4.69. The van der Waals surface area contributed by atoms with Crippen LogP contribution < -0.4 is 11.2 Å². The smallest absolute Gasteiger partial charge is 0.266 e. The Labute approximate surface area is 182 Å². The predicted octanol–water partition coefficient (Wildman–Crippen LogP) is -0.147. The molecular formula is C20H25BN4O5S. The van der Waals surface area contributed by atoms with E-state index in [1.54, 1.807) is 17.0 Å². The largest absolute Gasteiger partial charge is 0.366 e. The number of fused-ring (bicyclic) bond motifs is 1. The van der Waals surface area contributed by atoms with Crippen LogP contribution in [0.1, 0.15) is 36.2 Å². The molecule has 1 aromatic heterocycles. The second-order valence-electron chi connectivity index (χ2n) is 7.96. The third-order valence-electron chi connectivity index (χ3n) is 5.84. The van der Waals surface area contributed by atoms with E-state index < -0.39 is 22.0 Å². The normalized spacial score (nSPS) is 21.2. The Morgan fingerprint density at radius 3 is 2.52 bits per heavy atom. The second kappa shape index (κ2) is 8.64. The molecule has 0 bridgehead atoms. The van der Waals surface area contributed by atoms with Crippen LogP contribution in [0, 0.1) is 0 Å². The van der Waals surface area contributed by atoms with Crippen molar-refractivity contribution in [2.24, 2.45) is 5.73 Å². The lowest BCUT2D eigenvalue weighted by atomic mass is 9.95. The molecule has 4 rings (SSSR count). The number of nitrogens with one attached hydrogen (secondary N) is 1. The highest BCUT2D eigenvalue weighted by Gasteiger charge is 2.39. The summed E-state index contributed by atoms with van der Waals surface area (Å²) in [7, 11) is 1.70. The molecule has 2 aliphatic heterocycles. The lowest BCUT2D eigenvalue weighted by Gasteiger charge is -2.34. The van der Waals surface area contributed by atoms with Crippen molar-refractivity contribution in [2.45, 2.75) is 36.7 Å². The van der Waals surface area contributed by atoms with Gasteiger partial charge < -0.3 is 20.4 Å². The molecule has 2 aliphatic rings. The standard InChI is InChI=1S/C20H25BN4O5S/c21-13-5-6-15-14(11-13)18(17(23-15)19(22)26)31(28,29)25-9-10-30-16(12-25)20(27)24-7-3-1-2-4-8-24/h5-6,11,16,23H,1-4,7-10,12H2,(H2,22,26). The molecule has 2 radical (unpaired) electrons. The molecule has 2 fully saturated rings. The molecule has 9 nitrogen and oxygen atoms in total. The number of morpholine rings is 1. The molecule has 164 valence electrons. The van der Waals surface area contributed by atoms with E-state index in [0.717, 1.165) is 25.7 Å². The first-order valence-corrected chi connectivity index (χ1v) is 11.8. The molecule has 2 amide bonds. The maximum absolute atomic E-state index is 13.6. The van der Waals surface area contributed by atoms with Crippen molar-refractivity contribution in [1.29, 1.82) is 0 Å². The zero-order valence-corrected chi connectivity index (χ0v) is 18.0. The summed E-state index contributed by atoms with van der Waals surface area (Å²) in [5.41, 5.74) is 6.05. The maximum Gasteiger partial charge on any atom is 0.266 e. The van der Waals surface area contributed by atoms with Crippen LogP contribution in [-0.4, -0.2) is 81.2 Å². The monoisotopic (exact) mass is 444 g/mol. The van der Waals surface area contributed by atoms with Gasteiger partial charge in [0, 0.05) is 37.1 Å². The third-order valence-corrected chi connectivity index (χ3v) is 7.79. The first-order chi connectivity index (χ1) is 14.8. The number of aromatic amines is 1. The topological polar surface area (TPSA) is 126 Å². The summed E-state index contributed by atoms with van der Waals surface area (Å²) < 4.78 is 34.0. The van der Waals surface area contributed by atoms with E-state index in [4.69, 9.17) is 18.3 Å².